The zero-order valence-electron chi connectivity index (χ0n) is 11.0. The second-order valence-electron chi connectivity index (χ2n) is 5.74. The zero-order valence-corrected chi connectivity index (χ0v) is 12.6. The van der Waals surface area contributed by atoms with Crippen LogP contribution in [-0.4, -0.2) is 30.1 Å². The predicted molar refractivity (Wildman–Crippen MR) is 75.8 cm³/mol. The first kappa shape index (κ1) is 13.8. The summed E-state index contributed by atoms with van der Waals surface area (Å²) in [5.41, 5.74) is 0.188. The van der Waals surface area contributed by atoms with E-state index in [0.29, 0.717) is 4.83 Å². The number of rotatable bonds is 4. The Labute approximate surface area is 114 Å². The SMILES string of the molecule is CC(Br)COC1(C2CCCCC2)CCNCC1. The molecule has 17 heavy (non-hydrogen) atoms. The van der Waals surface area contributed by atoms with Crippen LogP contribution in [0, 0.1) is 5.92 Å². The number of alkyl halides is 1. The highest BCUT2D eigenvalue weighted by molar-refractivity contribution is 9.09. The Balaban J connectivity index is 1.99. The normalized spacial score (nSPS) is 27.9. The Kier molecular flexibility index (Phi) is 5.31. The Morgan fingerprint density at radius 2 is 1.88 bits per heavy atom. The Hall–Kier alpha value is 0.400. The molecule has 3 heteroatoms. The third-order valence-corrected chi connectivity index (χ3v) is 4.66. The summed E-state index contributed by atoms with van der Waals surface area (Å²) in [6.45, 7) is 5.30. The van der Waals surface area contributed by atoms with E-state index in [1.165, 1.54) is 44.9 Å². The highest BCUT2D eigenvalue weighted by atomic mass is 79.9. The van der Waals surface area contributed by atoms with Crippen molar-refractivity contribution in [2.24, 2.45) is 5.92 Å². The summed E-state index contributed by atoms with van der Waals surface area (Å²) >= 11 is 3.61. The number of nitrogens with one attached hydrogen (secondary N) is 1. The first-order chi connectivity index (χ1) is 8.23. The summed E-state index contributed by atoms with van der Waals surface area (Å²) in [7, 11) is 0. The highest BCUT2D eigenvalue weighted by Crippen LogP contribution is 2.40. The van der Waals surface area contributed by atoms with Gasteiger partial charge in [-0.2, -0.15) is 0 Å². The van der Waals surface area contributed by atoms with Crippen molar-refractivity contribution in [3.05, 3.63) is 0 Å². The van der Waals surface area contributed by atoms with Gasteiger partial charge >= 0.3 is 0 Å². The van der Waals surface area contributed by atoms with Crippen LogP contribution in [0.15, 0.2) is 0 Å². The molecule has 2 rings (SSSR count). The first-order valence-electron chi connectivity index (χ1n) is 7.22. The summed E-state index contributed by atoms with van der Waals surface area (Å²) in [5.74, 6) is 0.810. The molecule has 0 aromatic heterocycles. The van der Waals surface area contributed by atoms with Gasteiger partial charge in [-0.25, -0.2) is 0 Å². The number of hydrogen-bond acceptors (Lipinski definition) is 2. The number of halogens is 1. The van der Waals surface area contributed by atoms with Gasteiger partial charge in [0.1, 0.15) is 0 Å². The van der Waals surface area contributed by atoms with Gasteiger partial charge in [-0.05, 0) is 44.7 Å². The molecule has 1 heterocycles. The van der Waals surface area contributed by atoms with E-state index in [1.54, 1.807) is 0 Å². The van der Waals surface area contributed by atoms with Crippen molar-refractivity contribution in [1.29, 1.82) is 0 Å². The summed E-state index contributed by atoms with van der Waals surface area (Å²) in [4.78, 5) is 0.470. The molecule has 2 aliphatic rings. The summed E-state index contributed by atoms with van der Waals surface area (Å²) in [6, 6.07) is 0. The number of hydrogen-bond donors (Lipinski definition) is 1. The Bertz CT molecular complexity index is 220. The van der Waals surface area contributed by atoms with Gasteiger partial charge in [0.05, 0.1) is 12.2 Å². The predicted octanol–water partition coefficient (Wildman–Crippen LogP) is 3.49. The van der Waals surface area contributed by atoms with Crippen molar-refractivity contribution in [1.82, 2.24) is 5.32 Å². The minimum Gasteiger partial charge on any atom is -0.373 e. The van der Waals surface area contributed by atoms with Gasteiger partial charge in [0.2, 0.25) is 0 Å². The Morgan fingerprint density at radius 3 is 2.47 bits per heavy atom. The molecule has 0 aromatic carbocycles. The van der Waals surface area contributed by atoms with Gasteiger partial charge in [-0.15, -0.1) is 0 Å². The second kappa shape index (κ2) is 6.53. The van der Waals surface area contributed by atoms with E-state index in [2.05, 4.69) is 28.2 Å². The van der Waals surface area contributed by atoms with E-state index in [1.807, 2.05) is 0 Å². The first-order valence-corrected chi connectivity index (χ1v) is 8.13. The molecule has 0 amide bonds. The quantitative estimate of drug-likeness (QED) is 0.803. The average Bonchev–Trinajstić information content (AvgIpc) is 2.39. The molecule has 0 bridgehead atoms. The molecule has 1 saturated heterocycles. The van der Waals surface area contributed by atoms with Crippen LogP contribution in [-0.2, 0) is 4.74 Å². The van der Waals surface area contributed by atoms with Crippen molar-refractivity contribution in [3.8, 4) is 0 Å². The molecule has 1 unspecified atom stereocenters. The van der Waals surface area contributed by atoms with Gasteiger partial charge < -0.3 is 10.1 Å². The van der Waals surface area contributed by atoms with Crippen LogP contribution in [0.3, 0.4) is 0 Å². The fourth-order valence-corrected chi connectivity index (χ4v) is 3.56. The lowest BCUT2D eigenvalue weighted by Crippen LogP contribution is -2.50. The van der Waals surface area contributed by atoms with Crippen molar-refractivity contribution < 1.29 is 4.74 Å². The average molecular weight is 304 g/mol. The van der Waals surface area contributed by atoms with Crippen molar-refractivity contribution in [3.63, 3.8) is 0 Å². The van der Waals surface area contributed by atoms with Crippen molar-refractivity contribution in [2.45, 2.75) is 62.3 Å². The fourth-order valence-electron chi connectivity index (χ4n) is 3.43. The Morgan fingerprint density at radius 1 is 1.24 bits per heavy atom. The van der Waals surface area contributed by atoms with E-state index >= 15 is 0 Å². The van der Waals surface area contributed by atoms with Crippen LogP contribution in [0.25, 0.3) is 0 Å². The molecule has 0 radical (unpaired) electrons. The summed E-state index contributed by atoms with van der Waals surface area (Å²) < 4.78 is 6.38. The molecule has 100 valence electrons. The molecule has 1 atom stereocenters. The molecule has 0 spiro atoms. The van der Waals surface area contributed by atoms with Crippen LogP contribution in [0.5, 0.6) is 0 Å². The lowest BCUT2D eigenvalue weighted by atomic mass is 9.72. The smallest absolute Gasteiger partial charge is 0.0735 e. The van der Waals surface area contributed by atoms with Gasteiger partial charge in [0.25, 0.3) is 0 Å². The molecule has 1 aliphatic carbocycles. The molecule has 0 aromatic rings. The third kappa shape index (κ3) is 3.68. The lowest BCUT2D eigenvalue weighted by Gasteiger charge is -2.45. The van der Waals surface area contributed by atoms with E-state index in [-0.39, 0.29) is 5.60 Å². The van der Waals surface area contributed by atoms with Crippen LogP contribution in [0.4, 0.5) is 0 Å². The lowest BCUT2D eigenvalue weighted by molar-refractivity contribution is -0.112. The second-order valence-corrected chi connectivity index (χ2v) is 7.30. The minimum absolute atomic E-state index is 0.188. The zero-order chi connectivity index (χ0) is 12.1. The minimum atomic E-state index is 0.188. The number of piperidine rings is 1. The summed E-state index contributed by atoms with van der Waals surface area (Å²) in [5, 5.41) is 3.47. The van der Waals surface area contributed by atoms with Crippen LogP contribution < -0.4 is 5.32 Å². The summed E-state index contributed by atoms with van der Waals surface area (Å²) in [6.07, 6.45) is 9.43. The molecule has 1 N–H and O–H groups in total. The van der Waals surface area contributed by atoms with Crippen LogP contribution in [0.2, 0.25) is 0 Å². The largest absolute Gasteiger partial charge is 0.373 e. The van der Waals surface area contributed by atoms with E-state index in [0.717, 1.165) is 25.6 Å². The third-order valence-electron chi connectivity index (χ3n) is 4.40. The standard InChI is InChI=1S/C14H26BrNO/c1-12(15)11-17-14(7-9-16-10-8-14)13-5-3-2-4-6-13/h12-13,16H,2-11H2,1H3. The van der Waals surface area contributed by atoms with Crippen molar-refractivity contribution >= 4 is 15.9 Å². The maximum absolute atomic E-state index is 6.38. The van der Waals surface area contributed by atoms with Crippen molar-refractivity contribution in [2.75, 3.05) is 19.7 Å². The maximum atomic E-state index is 6.38. The molecular weight excluding hydrogens is 278 g/mol. The highest BCUT2D eigenvalue weighted by Gasteiger charge is 2.41. The van der Waals surface area contributed by atoms with E-state index < -0.39 is 0 Å². The molecule has 2 fully saturated rings. The van der Waals surface area contributed by atoms with Crippen LogP contribution >= 0.6 is 15.9 Å². The maximum Gasteiger partial charge on any atom is 0.0735 e. The van der Waals surface area contributed by atoms with E-state index in [4.69, 9.17) is 4.74 Å². The van der Waals surface area contributed by atoms with Gasteiger partial charge in [0, 0.05) is 4.83 Å². The fraction of sp³-hybridized carbons (Fsp3) is 1.00. The topological polar surface area (TPSA) is 21.3 Å². The van der Waals surface area contributed by atoms with Gasteiger partial charge in [0.15, 0.2) is 0 Å². The molecule has 2 nitrogen and oxygen atoms in total. The number of ether oxygens (including phenoxy) is 1. The molecule has 1 aliphatic heterocycles. The van der Waals surface area contributed by atoms with Gasteiger partial charge in [-0.1, -0.05) is 42.1 Å². The monoisotopic (exact) mass is 303 g/mol. The van der Waals surface area contributed by atoms with Gasteiger partial charge in [-0.3, -0.25) is 0 Å². The molecule has 1 saturated carbocycles. The van der Waals surface area contributed by atoms with E-state index in [9.17, 15) is 0 Å². The van der Waals surface area contributed by atoms with Crippen LogP contribution in [0.1, 0.15) is 51.9 Å². The molecular formula is C14H26BrNO.